The summed E-state index contributed by atoms with van der Waals surface area (Å²) in [6.07, 6.45) is 0. The van der Waals surface area contributed by atoms with E-state index in [1.165, 1.54) is 5.56 Å². The van der Waals surface area contributed by atoms with E-state index in [4.69, 9.17) is 0 Å². The SMILES string of the molecule is CC(C)c1ccc2nc(C3C(=O)c4cc5ccccc5cc4C3=O)ccc2c1. The van der Waals surface area contributed by atoms with Crippen LogP contribution in [0, 0.1) is 0 Å². The minimum atomic E-state index is -0.846. The highest BCUT2D eigenvalue weighted by Gasteiger charge is 2.40. The van der Waals surface area contributed by atoms with Gasteiger partial charge in [-0.15, -0.1) is 0 Å². The van der Waals surface area contributed by atoms with Crippen LogP contribution in [0.1, 0.15) is 57.7 Å². The van der Waals surface area contributed by atoms with Crippen molar-refractivity contribution in [1.82, 2.24) is 4.98 Å². The zero-order valence-corrected chi connectivity index (χ0v) is 15.8. The Morgan fingerprint density at radius 1 is 0.750 bits per heavy atom. The molecule has 0 unspecified atom stereocenters. The molecular formula is C25H19NO2. The number of carbonyl (C=O) groups is 2. The lowest BCUT2D eigenvalue weighted by atomic mass is 9.97. The monoisotopic (exact) mass is 365 g/mol. The van der Waals surface area contributed by atoms with Gasteiger partial charge in [0.25, 0.3) is 0 Å². The van der Waals surface area contributed by atoms with Crippen LogP contribution in [0.15, 0.2) is 66.7 Å². The van der Waals surface area contributed by atoms with E-state index in [1.54, 1.807) is 0 Å². The first-order chi connectivity index (χ1) is 13.5. The molecule has 0 fully saturated rings. The first-order valence-electron chi connectivity index (χ1n) is 9.55. The number of carbonyl (C=O) groups excluding carboxylic acids is 2. The van der Waals surface area contributed by atoms with Crippen LogP contribution in [0.3, 0.4) is 0 Å². The van der Waals surface area contributed by atoms with E-state index in [2.05, 4.69) is 31.0 Å². The number of fused-ring (bicyclic) bond motifs is 3. The van der Waals surface area contributed by atoms with E-state index in [-0.39, 0.29) is 11.6 Å². The lowest BCUT2D eigenvalue weighted by Gasteiger charge is -2.10. The molecule has 0 atom stereocenters. The van der Waals surface area contributed by atoms with E-state index in [0.717, 1.165) is 21.7 Å². The highest BCUT2D eigenvalue weighted by molar-refractivity contribution is 6.30. The second kappa shape index (κ2) is 6.10. The average Bonchev–Trinajstić information content (AvgIpc) is 2.95. The summed E-state index contributed by atoms with van der Waals surface area (Å²) < 4.78 is 0. The lowest BCUT2D eigenvalue weighted by molar-refractivity contribution is 0.0888. The Morgan fingerprint density at radius 3 is 2.00 bits per heavy atom. The first kappa shape index (κ1) is 16.8. The topological polar surface area (TPSA) is 47.0 Å². The molecule has 0 spiro atoms. The van der Waals surface area contributed by atoms with Gasteiger partial charge in [0.15, 0.2) is 11.6 Å². The quantitative estimate of drug-likeness (QED) is 0.430. The highest BCUT2D eigenvalue weighted by Crippen LogP contribution is 2.36. The zero-order valence-electron chi connectivity index (χ0n) is 15.8. The van der Waals surface area contributed by atoms with Gasteiger partial charge in [0.05, 0.1) is 11.2 Å². The zero-order chi connectivity index (χ0) is 19.4. The minimum absolute atomic E-state index is 0.156. The Labute approximate surface area is 163 Å². The van der Waals surface area contributed by atoms with Gasteiger partial charge in [0, 0.05) is 16.5 Å². The molecule has 3 nitrogen and oxygen atoms in total. The third kappa shape index (κ3) is 2.47. The Morgan fingerprint density at radius 2 is 1.39 bits per heavy atom. The lowest BCUT2D eigenvalue weighted by Crippen LogP contribution is -2.14. The standard InChI is InChI=1S/C25H19NO2/c1-14(2)15-7-9-21-18(11-15)8-10-22(26-21)23-24(27)19-12-16-5-3-4-6-17(16)13-20(19)25(23)28/h3-14,23H,1-2H3. The number of Topliss-reactive ketones (excluding diaryl/α,β-unsaturated/α-hetero) is 2. The average molecular weight is 365 g/mol. The number of hydrogen-bond acceptors (Lipinski definition) is 3. The number of rotatable bonds is 2. The van der Waals surface area contributed by atoms with E-state index < -0.39 is 5.92 Å². The van der Waals surface area contributed by atoms with Crippen molar-refractivity contribution in [1.29, 1.82) is 0 Å². The van der Waals surface area contributed by atoms with Crippen LogP contribution in [0.25, 0.3) is 21.7 Å². The summed E-state index contributed by atoms with van der Waals surface area (Å²) in [6, 6.07) is 21.4. The predicted octanol–water partition coefficient (Wildman–Crippen LogP) is 5.67. The number of benzene rings is 3. The van der Waals surface area contributed by atoms with Gasteiger partial charge in [-0.05, 0) is 52.6 Å². The number of hydrogen-bond donors (Lipinski definition) is 0. The molecule has 1 aliphatic carbocycles. The maximum Gasteiger partial charge on any atom is 0.180 e. The molecule has 0 saturated heterocycles. The number of pyridine rings is 1. The predicted molar refractivity (Wildman–Crippen MR) is 111 cm³/mol. The number of aromatic nitrogens is 1. The molecule has 1 heterocycles. The Kier molecular flexibility index (Phi) is 3.66. The van der Waals surface area contributed by atoms with Crippen LogP contribution in [0.5, 0.6) is 0 Å². The summed E-state index contributed by atoms with van der Waals surface area (Å²) in [5.41, 5.74) is 3.59. The molecule has 0 aliphatic heterocycles. The fourth-order valence-electron chi connectivity index (χ4n) is 4.03. The van der Waals surface area contributed by atoms with Crippen molar-refractivity contribution in [3.05, 3.63) is 89.1 Å². The molecule has 136 valence electrons. The molecule has 0 radical (unpaired) electrons. The maximum atomic E-state index is 13.1. The molecule has 3 heteroatoms. The van der Waals surface area contributed by atoms with Crippen molar-refractivity contribution in [2.24, 2.45) is 0 Å². The maximum absolute atomic E-state index is 13.1. The van der Waals surface area contributed by atoms with Gasteiger partial charge in [-0.1, -0.05) is 50.2 Å². The van der Waals surface area contributed by atoms with Gasteiger partial charge in [-0.3, -0.25) is 14.6 Å². The van der Waals surface area contributed by atoms with Crippen molar-refractivity contribution in [2.75, 3.05) is 0 Å². The summed E-state index contributed by atoms with van der Waals surface area (Å²) in [6.45, 7) is 4.31. The first-order valence-corrected chi connectivity index (χ1v) is 9.55. The van der Waals surface area contributed by atoms with E-state index in [0.29, 0.717) is 22.7 Å². The van der Waals surface area contributed by atoms with Crippen LogP contribution in [-0.4, -0.2) is 16.6 Å². The smallest absolute Gasteiger partial charge is 0.180 e. The van der Waals surface area contributed by atoms with Gasteiger partial charge < -0.3 is 0 Å². The molecule has 3 aromatic carbocycles. The second-order valence-corrected chi connectivity index (χ2v) is 7.75. The summed E-state index contributed by atoms with van der Waals surface area (Å²) in [7, 11) is 0. The molecular weight excluding hydrogens is 346 g/mol. The summed E-state index contributed by atoms with van der Waals surface area (Å²) in [5.74, 6) is -0.723. The molecule has 4 aromatic rings. The van der Waals surface area contributed by atoms with Crippen molar-refractivity contribution < 1.29 is 9.59 Å². The van der Waals surface area contributed by atoms with Gasteiger partial charge in [-0.2, -0.15) is 0 Å². The fourth-order valence-corrected chi connectivity index (χ4v) is 4.03. The Bertz CT molecular complexity index is 1230. The molecule has 0 amide bonds. The molecule has 1 aliphatic rings. The van der Waals surface area contributed by atoms with Crippen molar-refractivity contribution in [2.45, 2.75) is 25.7 Å². The van der Waals surface area contributed by atoms with E-state index >= 15 is 0 Å². The molecule has 0 N–H and O–H groups in total. The highest BCUT2D eigenvalue weighted by atomic mass is 16.2. The van der Waals surface area contributed by atoms with Gasteiger partial charge in [0.1, 0.15) is 5.92 Å². The third-order valence-corrected chi connectivity index (χ3v) is 5.64. The Hall–Kier alpha value is -3.33. The van der Waals surface area contributed by atoms with Crippen molar-refractivity contribution in [3.8, 4) is 0 Å². The van der Waals surface area contributed by atoms with Crippen LogP contribution in [0.4, 0.5) is 0 Å². The fraction of sp³-hybridized carbons (Fsp3) is 0.160. The van der Waals surface area contributed by atoms with Gasteiger partial charge in [0.2, 0.25) is 0 Å². The van der Waals surface area contributed by atoms with Crippen LogP contribution in [0.2, 0.25) is 0 Å². The van der Waals surface area contributed by atoms with Gasteiger partial charge in [-0.25, -0.2) is 0 Å². The third-order valence-electron chi connectivity index (χ3n) is 5.64. The van der Waals surface area contributed by atoms with E-state index in [9.17, 15) is 9.59 Å². The van der Waals surface area contributed by atoms with Crippen molar-refractivity contribution in [3.63, 3.8) is 0 Å². The summed E-state index contributed by atoms with van der Waals surface area (Å²) in [4.78, 5) is 30.8. The molecule has 0 bridgehead atoms. The summed E-state index contributed by atoms with van der Waals surface area (Å²) in [5, 5.41) is 2.96. The van der Waals surface area contributed by atoms with E-state index in [1.807, 2.05) is 54.6 Å². The molecule has 5 rings (SSSR count). The number of ketones is 2. The second-order valence-electron chi connectivity index (χ2n) is 7.75. The van der Waals surface area contributed by atoms with Crippen LogP contribution in [-0.2, 0) is 0 Å². The summed E-state index contributed by atoms with van der Waals surface area (Å²) >= 11 is 0. The van der Waals surface area contributed by atoms with Crippen LogP contribution >= 0.6 is 0 Å². The molecule has 0 saturated carbocycles. The minimum Gasteiger partial charge on any atom is -0.293 e. The van der Waals surface area contributed by atoms with Gasteiger partial charge >= 0.3 is 0 Å². The molecule has 28 heavy (non-hydrogen) atoms. The normalized spacial score (nSPS) is 14.4. The number of nitrogens with zero attached hydrogens (tertiary/aromatic N) is 1. The molecule has 1 aromatic heterocycles. The van der Waals surface area contributed by atoms with Crippen molar-refractivity contribution >= 4 is 33.2 Å². The Balaban J connectivity index is 1.61. The van der Waals surface area contributed by atoms with Crippen LogP contribution < -0.4 is 0 Å². The largest absolute Gasteiger partial charge is 0.293 e.